The average Bonchev–Trinajstić information content (AvgIpc) is 2.96. The molecule has 1 atom stereocenters. The minimum absolute atomic E-state index is 0.0461. The quantitative estimate of drug-likeness (QED) is 0.271. The Labute approximate surface area is 258 Å². The average molecular weight is 631 g/mol. The Kier molecular flexibility index (Phi) is 10.6. The molecule has 42 heavy (non-hydrogen) atoms. The highest BCUT2D eigenvalue weighted by Gasteiger charge is 2.34. The van der Waals surface area contributed by atoms with Crippen molar-refractivity contribution in [1.82, 2.24) is 10.2 Å². The molecule has 1 aliphatic rings. The first kappa shape index (κ1) is 31.9. The van der Waals surface area contributed by atoms with Crippen LogP contribution in [0.15, 0.2) is 71.6 Å². The number of carbonyl (C=O) groups excluding carboxylic acids is 2. The van der Waals surface area contributed by atoms with E-state index in [1.807, 2.05) is 13.0 Å². The maximum atomic E-state index is 14.2. The number of benzene rings is 3. The van der Waals surface area contributed by atoms with Gasteiger partial charge in [-0.1, -0.05) is 78.4 Å². The number of rotatable bonds is 10. The molecule has 0 radical (unpaired) electrons. The highest BCUT2D eigenvalue weighted by atomic mass is 35.5. The van der Waals surface area contributed by atoms with Crippen LogP contribution in [-0.2, 0) is 26.2 Å². The van der Waals surface area contributed by atoms with Crippen LogP contribution in [0.4, 0.5) is 5.69 Å². The van der Waals surface area contributed by atoms with E-state index in [4.69, 9.17) is 23.2 Å². The molecular formula is C32H37Cl2N3O4S. The van der Waals surface area contributed by atoms with Crippen LogP contribution in [0.25, 0.3) is 0 Å². The van der Waals surface area contributed by atoms with Crippen LogP contribution >= 0.6 is 23.2 Å². The Morgan fingerprint density at radius 3 is 2.26 bits per heavy atom. The van der Waals surface area contributed by atoms with Gasteiger partial charge in [-0.2, -0.15) is 0 Å². The first-order valence-corrected chi connectivity index (χ1v) is 16.3. The van der Waals surface area contributed by atoms with E-state index in [9.17, 15) is 18.0 Å². The third-order valence-corrected chi connectivity index (χ3v) is 9.93. The van der Waals surface area contributed by atoms with E-state index in [1.54, 1.807) is 56.3 Å². The molecule has 0 aliphatic heterocycles. The number of carbonyl (C=O) groups is 2. The summed E-state index contributed by atoms with van der Waals surface area (Å²) in [6, 6.07) is 17.6. The molecule has 10 heteroatoms. The third kappa shape index (κ3) is 7.85. The van der Waals surface area contributed by atoms with E-state index >= 15 is 0 Å². The number of anilines is 1. The zero-order chi connectivity index (χ0) is 30.4. The van der Waals surface area contributed by atoms with Crippen molar-refractivity contribution in [3.05, 3.63) is 93.5 Å². The molecule has 1 N–H and O–H groups in total. The van der Waals surface area contributed by atoms with Gasteiger partial charge in [0.05, 0.1) is 10.6 Å². The second kappa shape index (κ2) is 13.9. The lowest BCUT2D eigenvalue weighted by atomic mass is 9.95. The molecule has 2 amide bonds. The van der Waals surface area contributed by atoms with Gasteiger partial charge in [-0.3, -0.25) is 13.9 Å². The predicted octanol–water partition coefficient (Wildman–Crippen LogP) is 6.67. The van der Waals surface area contributed by atoms with Gasteiger partial charge in [-0.15, -0.1) is 0 Å². The zero-order valence-electron chi connectivity index (χ0n) is 24.1. The number of amides is 2. The van der Waals surface area contributed by atoms with E-state index in [2.05, 4.69) is 5.32 Å². The van der Waals surface area contributed by atoms with Crippen molar-refractivity contribution in [1.29, 1.82) is 0 Å². The third-order valence-electron chi connectivity index (χ3n) is 7.69. The lowest BCUT2D eigenvalue weighted by Gasteiger charge is -2.33. The Balaban J connectivity index is 1.71. The molecule has 1 fully saturated rings. The molecule has 3 aromatic carbocycles. The Hall–Kier alpha value is -3.07. The summed E-state index contributed by atoms with van der Waals surface area (Å²) in [5.74, 6) is -0.805. The summed E-state index contributed by atoms with van der Waals surface area (Å²) in [5, 5.41) is 3.94. The van der Waals surface area contributed by atoms with Gasteiger partial charge < -0.3 is 10.2 Å². The molecule has 1 saturated carbocycles. The summed E-state index contributed by atoms with van der Waals surface area (Å²) in [6.07, 6.45) is 5.05. The van der Waals surface area contributed by atoms with Gasteiger partial charge in [0.15, 0.2) is 0 Å². The SMILES string of the molecule is Cc1ccc(S(=O)(=O)N(CC(=O)N(Cc2cccc(Cl)c2)[C@@H](C)C(=O)NC2CCCCC2)c2cc(Cl)ccc2C)cc1. The van der Waals surface area contributed by atoms with Crippen LogP contribution in [0.3, 0.4) is 0 Å². The zero-order valence-corrected chi connectivity index (χ0v) is 26.5. The first-order valence-electron chi connectivity index (χ1n) is 14.2. The van der Waals surface area contributed by atoms with Crippen molar-refractivity contribution in [2.75, 3.05) is 10.8 Å². The van der Waals surface area contributed by atoms with Crippen molar-refractivity contribution in [2.45, 2.75) is 76.4 Å². The molecule has 7 nitrogen and oxygen atoms in total. The number of aryl methyl sites for hydroxylation is 2. The largest absolute Gasteiger partial charge is 0.352 e. The van der Waals surface area contributed by atoms with Crippen molar-refractivity contribution in [3.63, 3.8) is 0 Å². The van der Waals surface area contributed by atoms with Crippen molar-refractivity contribution < 1.29 is 18.0 Å². The van der Waals surface area contributed by atoms with Crippen molar-refractivity contribution in [2.24, 2.45) is 0 Å². The molecule has 0 aromatic heterocycles. The lowest BCUT2D eigenvalue weighted by molar-refractivity contribution is -0.139. The summed E-state index contributed by atoms with van der Waals surface area (Å²) in [4.78, 5) is 29.1. The summed E-state index contributed by atoms with van der Waals surface area (Å²) >= 11 is 12.5. The van der Waals surface area contributed by atoms with Crippen LogP contribution in [0.1, 0.15) is 55.7 Å². The van der Waals surface area contributed by atoms with Crippen molar-refractivity contribution >= 4 is 50.7 Å². The van der Waals surface area contributed by atoms with Crippen LogP contribution in [0.5, 0.6) is 0 Å². The topological polar surface area (TPSA) is 86.8 Å². The minimum Gasteiger partial charge on any atom is -0.352 e. The molecule has 3 aromatic rings. The smallest absolute Gasteiger partial charge is 0.264 e. The van der Waals surface area contributed by atoms with Gasteiger partial charge in [0.2, 0.25) is 11.8 Å². The minimum atomic E-state index is -4.18. The fourth-order valence-electron chi connectivity index (χ4n) is 5.19. The van der Waals surface area contributed by atoms with E-state index in [-0.39, 0.29) is 23.4 Å². The van der Waals surface area contributed by atoms with E-state index in [0.717, 1.165) is 47.5 Å². The number of nitrogens with one attached hydrogen (secondary N) is 1. The molecule has 4 rings (SSSR count). The van der Waals surface area contributed by atoms with Gasteiger partial charge in [0.1, 0.15) is 12.6 Å². The number of halogens is 2. The Bertz CT molecular complexity index is 1520. The van der Waals surface area contributed by atoms with Gasteiger partial charge in [0, 0.05) is 22.6 Å². The van der Waals surface area contributed by atoms with Crippen molar-refractivity contribution in [3.8, 4) is 0 Å². The van der Waals surface area contributed by atoms with Gasteiger partial charge in [-0.25, -0.2) is 8.42 Å². The number of hydrogen-bond acceptors (Lipinski definition) is 4. The van der Waals surface area contributed by atoms with Gasteiger partial charge in [-0.05, 0) is 81.1 Å². The van der Waals surface area contributed by atoms with E-state index < -0.39 is 28.5 Å². The summed E-state index contributed by atoms with van der Waals surface area (Å²) < 4.78 is 29.2. The monoisotopic (exact) mass is 629 g/mol. The van der Waals surface area contributed by atoms with E-state index in [1.165, 1.54) is 23.1 Å². The normalized spacial score (nSPS) is 14.7. The molecular weight excluding hydrogens is 593 g/mol. The summed E-state index contributed by atoms with van der Waals surface area (Å²) in [6.45, 7) is 4.85. The first-order chi connectivity index (χ1) is 20.0. The second-order valence-electron chi connectivity index (χ2n) is 10.9. The summed E-state index contributed by atoms with van der Waals surface area (Å²) in [7, 11) is -4.18. The molecule has 0 heterocycles. The van der Waals surface area contributed by atoms with E-state index in [0.29, 0.717) is 21.3 Å². The molecule has 0 spiro atoms. The fourth-order valence-corrected chi connectivity index (χ4v) is 7.04. The highest BCUT2D eigenvalue weighted by Crippen LogP contribution is 2.30. The standard InChI is InChI=1S/C32H37Cl2N3O4S/c1-22-12-16-29(17-13-22)42(40,41)37(30-19-27(34)15-14-23(30)2)21-31(38)36(20-25-8-7-9-26(33)18-25)24(3)32(39)35-28-10-5-4-6-11-28/h7-9,12-19,24,28H,4-6,10-11,20-21H2,1-3H3,(H,35,39)/t24-/m0/s1. The van der Waals surface area contributed by atoms with Crippen LogP contribution in [0, 0.1) is 13.8 Å². The molecule has 1 aliphatic carbocycles. The maximum Gasteiger partial charge on any atom is 0.264 e. The molecule has 0 bridgehead atoms. The second-order valence-corrected chi connectivity index (χ2v) is 13.7. The van der Waals surface area contributed by atoms with Gasteiger partial charge >= 0.3 is 0 Å². The van der Waals surface area contributed by atoms with Crippen LogP contribution in [0.2, 0.25) is 10.0 Å². The van der Waals surface area contributed by atoms with Crippen LogP contribution in [-0.4, -0.2) is 43.8 Å². The van der Waals surface area contributed by atoms with Crippen LogP contribution < -0.4 is 9.62 Å². The highest BCUT2D eigenvalue weighted by molar-refractivity contribution is 7.92. The number of sulfonamides is 1. The molecule has 0 unspecified atom stereocenters. The number of hydrogen-bond donors (Lipinski definition) is 1. The summed E-state index contributed by atoms with van der Waals surface area (Å²) in [5.41, 5.74) is 2.55. The number of nitrogens with zero attached hydrogens (tertiary/aromatic N) is 2. The maximum absolute atomic E-state index is 14.2. The molecule has 0 saturated heterocycles. The van der Waals surface area contributed by atoms with Gasteiger partial charge in [0.25, 0.3) is 10.0 Å². The predicted molar refractivity (Wildman–Crippen MR) is 168 cm³/mol. The fraction of sp³-hybridized carbons (Fsp3) is 0.375. The Morgan fingerprint density at radius 1 is 0.929 bits per heavy atom. The molecule has 224 valence electrons. The lowest BCUT2D eigenvalue weighted by Crippen LogP contribution is -2.53. The Morgan fingerprint density at radius 2 is 1.60 bits per heavy atom.